The number of halogens is 1. The van der Waals surface area contributed by atoms with Crippen molar-refractivity contribution in [3.63, 3.8) is 0 Å². The second-order valence-electron chi connectivity index (χ2n) is 7.00. The first-order chi connectivity index (χ1) is 11.8. The molecule has 0 heterocycles. The van der Waals surface area contributed by atoms with Crippen molar-refractivity contribution in [2.45, 2.75) is 52.5 Å². The summed E-state index contributed by atoms with van der Waals surface area (Å²) in [5, 5.41) is 6.51. The second-order valence-corrected chi connectivity index (χ2v) is 7.41. The summed E-state index contributed by atoms with van der Waals surface area (Å²) in [6.07, 6.45) is 2.93. The van der Waals surface area contributed by atoms with Gasteiger partial charge < -0.3 is 15.4 Å². The zero-order valence-electron chi connectivity index (χ0n) is 15.3. The molecule has 138 valence electrons. The van der Waals surface area contributed by atoms with Crippen molar-refractivity contribution in [2.75, 3.05) is 12.4 Å². The Morgan fingerprint density at radius 2 is 1.68 bits per heavy atom. The Labute approximate surface area is 154 Å². The molecule has 5 nitrogen and oxygen atoms in total. The number of anilines is 1. The maximum absolute atomic E-state index is 12.6. The van der Waals surface area contributed by atoms with Crippen LogP contribution in [0, 0.1) is 18.8 Å². The number of carbonyl (C=O) groups excluding carboxylic acids is 2. The maximum Gasteiger partial charge on any atom is 0.227 e. The first-order valence-electron chi connectivity index (χ1n) is 8.77. The minimum atomic E-state index is -0.0798. The van der Waals surface area contributed by atoms with E-state index < -0.39 is 0 Å². The molecule has 1 aromatic rings. The molecule has 2 amide bonds. The van der Waals surface area contributed by atoms with Gasteiger partial charge in [-0.3, -0.25) is 9.59 Å². The van der Waals surface area contributed by atoms with Gasteiger partial charge in [0.2, 0.25) is 11.8 Å². The third-order valence-electron chi connectivity index (χ3n) is 4.64. The Balaban J connectivity index is 1.95. The molecule has 0 aliphatic heterocycles. The Morgan fingerprint density at radius 1 is 1.12 bits per heavy atom. The third-order valence-corrected chi connectivity index (χ3v) is 5.05. The average molecular weight is 367 g/mol. The fourth-order valence-electron chi connectivity index (χ4n) is 3.18. The van der Waals surface area contributed by atoms with Gasteiger partial charge in [-0.25, -0.2) is 0 Å². The maximum atomic E-state index is 12.6. The monoisotopic (exact) mass is 366 g/mol. The zero-order chi connectivity index (χ0) is 18.6. The molecule has 1 fully saturated rings. The van der Waals surface area contributed by atoms with Gasteiger partial charge in [-0.05, 0) is 58.1 Å². The number of carbonyl (C=O) groups is 2. The standard InChI is InChI=1S/C19H27ClN2O3/c1-11(2)21-18(23)13-5-7-14(8-6-13)19(24)22-16-9-12(3)15(20)10-17(16)25-4/h9-11,13-14H,5-8H2,1-4H3,(H,21,23)(H,22,24). The van der Waals surface area contributed by atoms with E-state index in [1.807, 2.05) is 26.8 Å². The van der Waals surface area contributed by atoms with Crippen molar-refractivity contribution in [2.24, 2.45) is 11.8 Å². The first kappa shape index (κ1) is 19.6. The van der Waals surface area contributed by atoms with Gasteiger partial charge in [-0.2, -0.15) is 0 Å². The summed E-state index contributed by atoms with van der Waals surface area (Å²) in [5.41, 5.74) is 1.51. The van der Waals surface area contributed by atoms with Crippen LogP contribution in [0.5, 0.6) is 5.75 Å². The van der Waals surface area contributed by atoms with Gasteiger partial charge in [0.05, 0.1) is 12.8 Å². The number of rotatable bonds is 5. The summed E-state index contributed by atoms with van der Waals surface area (Å²) in [5.74, 6) is 0.558. The first-order valence-corrected chi connectivity index (χ1v) is 9.15. The normalized spacial score (nSPS) is 20.2. The Bertz CT molecular complexity index is 638. The van der Waals surface area contributed by atoms with E-state index in [4.69, 9.17) is 16.3 Å². The van der Waals surface area contributed by atoms with Gasteiger partial charge >= 0.3 is 0 Å². The summed E-state index contributed by atoms with van der Waals surface area (Å²) in [4.78, 5) is 24.7. The van der Waals surface area contributed by atoms with Gasteiger partial charge in [0.1, 0.15) is 5.75 Å². The van der Waals surface area contributed by atoms with E-state index in [-0.39, 0.29) is 29.7 Å². The highest BCUT2D eigenvalue weighted by Crippen LogP contribution is 2.33. The van der Waals surface area contributed by atoms with Crippen LogP contribution in [0.4, 0.5) is 5.69 Å². The van der Waals surface area contributed by atoms with Crippen LogP contribution in [0.15, 0.2) is 12.1 Å². The van der Waals surface area contributed by atoms with Crippen LogP contribution >= 0.6 is 11.6 Å². The van der Waals surface area contributed by atoms with Crippen molar-refractivity contribution in [3.05, 3.63) is 22.7 Å². The van der Waals surface area contributed by atoms with Gasteiger partial charge in [-0.1, -0.05) is 11.6 Å². The smallest absolute Gasteiger partial charge is 0.227 e. The minimum absolute atomic E-state index is 0.0127. The lowest BCUT2D eigenvalue weighted by Gasteiger charge is -2.27. The number of benzene rings is 1. The van der Waals surface area contributed by atoms with Gasteiger partial charge in [0.15, 0.2) is 0 Å². The Kier molecular flexibility index (Phi) is 6.71. The molecular formula is C19H27ClN2O3. The van der Waals surface area contributed by atoms with Crippen molar-refractivity contribution < 1.29 is 14.3 Å². The number of amides is 2. The molecule has 1 aromatic carbocycles. The Morgan fingerprint density at radius 3 is 2.20 bits per heavy atom. The fraction of sp³-hybridized carbons (Fsp3) is 0.579. The molecule has 1 aliphatic carbocycles. The van der Waals surface area contributed by atoms with Crippen LogP contribution in [-0.2, 0) is 9.59 Å². The molecule has 1 saturated carbocycles. The highest BCUT2D eigenvalue weighted by atomic mass is 35.5. The molecule has 0 aromatic heterocycles. The van der Waals surface area contributed by atoms with E-state index in [9.17, 15) is 9.59 Å². The molecule has 0 bridgehead atoms. The second kappa shape index (κ2) is 8.56. The van der Waals surface area contributed by atoms with Crippen LogP contribution in [0.3, 0.4) is 0 Å². The van der Waals surface area contributed by atoms with Crippen LogP contribution in [-0.4, -0.2) is 25.0 Å². The average Bonchev–Trinajstić information content (AvgIpc) is 2.57. The number of ether oxygens (including phenoxy) is 1. The highest BCUT2D eigenvalue weighted by molar-refractivity contribution is 6.31. The Hall–Kier alpha value is -1.75. The molecular weight excluding hydrogens is 340 g/mol. The van der Waals surface area contributed by atoms with Crippen molar-refractivity contribution in [1.29, 1.82) is 0 Å². The molecule has 0 radical (unpaired) electrons. The predicted molar refractivity (Wildman–Crippen MR) is 100 cm³/mol. The topological polar surface area (TPSA) is 67.4 Å². The van der Waals surface area contributed by atoms with E-state index in [2.05, 4.69) is 10.6 Å². The van der Waals surface area contributed by atoms with Gasteiger partial charge in [0, 0.05) is 29.0 Å². The van der Waals surface area contributed by atoms with E-state index in [1.165, 1.54) is 0 Å². The lowest BCUT2D eigenvalue weighted by Crippen LogP contribution is -2.38. The van der Waals surface area contributed by atoms with Crippen molar-refractivity contribution in [1.82, 2.24) is 5.32 Å². The lowest BCUT2D eigenvalue weighted by atomic mass is 9.81. The molecule has 1 aliphatic rings. The van der Waals surface area contributed by atoms with Crippen molar-refractivity contribution >= 4 is 29.1 Å². The zero-order valence-corrected chi connectivity index (χ0v) is 16.1. The molecule has 2 rings (SSSR count). The highest BCUT2D eigenvalue weighted by Gasteiger charge is 2.30. The molecule has 2 N–H and O–H groups in total. The molecule has 25 heavy (non-hydrogen) atoms. The van der Waals surface area contributed by atoms with Crippen LogP contribution in [0.2, 0.25) is 5.02 Å². The predicted octanol–water partition coefficient (Wildman–Crippen LogP) is 3.93. The van der Waals surface area contributed by atoms with Crippen molar-refractivity contribution in [3.8, 4) is 5.75 Å². The summed E-state index contributed by atoms with van der Waals surface area (Å²) in [6, 6.07) is 3.68. The fourth-order valence-corrected chi connectivity index (χ4v) is 3.34. The summed E-state index contributed by atoms with van der Waals surface area (Å²) < 4.78 is 5.30. The third kappa shape index (κ3) is 5.11. The van der Waals surface area contributed by atoms with Crippen LogP contribution < -0.4 is 15.4 Å². The number of hydrogen-bond donors (Lipinski definition) is 2. The van der Waals surface area contributed by atoms with Gasteiger partial charge in [0.25, 0.3) is 0 Å². The number of nitrogens with one attached hydrogen (secondary N) is 2. The number of aryl methyl sites for hydroxylation is 1. The van der Waals surface area contributed by atoms with Gasteiger partial charge in [-0.15, -0.1) is 0 Å². The van der Waals surface area contributed by atoms with E-state index >= 15 is 0 Å². The number of methoxy groups -OCH3 is 1. The SMILES string of the molecule is COc1cc(Cl)c(C)cc1NC(=O)C1CCC(C(=O)NC(C)C)CC1. The number of hydrogen-bond acceptors (Lipinski definition) is 3. The lowest BCUT2D eigenvalue weighted by molar-refractivity contribution is -0.128. The summed E-state index contributed by atoms with van der Waals surface area (Å²) in [6.45, 7) is 5.80. The summed E-state index contributed by atoms with van der Waals surface area (Å²) in [7, 11) is 1.55. The molecule has 6 heteroatoms. The van der Waals surface area contributed by atoms with Crippen LogP contribution in [0.25, 0.3) is 0 Å². The van der Waals surface area contributed by atoms with Crippen LogP contribution in [0.1, 0.15) is 45.1 Å². The largest absolute Gasteiger partial charge is 0.495 e. The van der Waals surface area contributed by atoms with E-state index in [0.717, 1.165) is 31.2 Å². The molecule has 0 unspecified atom stereocenters. The molecule has 0 saturated heterocycles. The minimum Gasteiger partial charge on any atom is -0.495 e. The molecule has 0 atom stereocenters. The van der Waals surface area contributed by atoms with E-state index in [0.29, 0.717) is 16.5 Å². The van der Waals surface area contributed by atoms with E-state index in [1.54, 1.807) is 13.2 Å². The summed E-state index contributed by atoms with van der Waals surface area (Å²) >= 11 is 6.10. The molecule has 0 spiro atoms. The quantitative estimate of drug-likeness (QED) is 0.829.